The number of aliphatic hydroxyl groups is 1. The van der Waals surface area contributed by atoms with Crippen LogP contribution in [0.25, 0.3) is 11.3 Å². The van der Waals surface area contributed by atoms with E-state index in [2.05, 4.69) is 0 Å². The molecule has 6 nitrogen and oxygen atoms in total. The van der Waals surface area contributed by atoms with Crippen LogP contribution in [0.3, 0.4) is 0 Å². The molecule has 35 heavy (non-hydrogen) atoms. The maximum atomic E-state index is 13.1. The van der Waals surface area contributed by atoms with Crippen molar-refractivity contribution in [2.75, 3.05) is 20.2 Å². The number of carbonyl (C=O) groups is 1. The highest BCUT2D eigenvalue weighted by molar-refractivity contribution is 5.70. The molecule has 1 amide bonds. The zero-order valence-corrected chi connectivity index (χ0v) is 20.7. The van der Waals surface area contributed by atoms with Gasteiger partial charge in [0.15, 0.2) is 0 Å². The Morgan fingerprint density at radius 2 is 1.91 bits per heavy atom. The Morgan fingerprint density at radius 1 is 1.20 bits per heavy atom. The van der Waals surface area contributed by atoms with Crippen LogP contribution in [0.2, 0.25) is 0 Å². The number of fused-ring (bicyclic) bond motifs is 1. The summed E-state index contributed by atoms with van der Waals surface area (Å²) in [6.07, 6.45) is -3.05. The monoisotopic (exact) mass is 495 g/mol. The SMILES string of the molecule is COc1cc(C(F)(F)F)ccc1-c1oc(C2(O)CCC3CN(C(=O)OC(C)(C)C)CCC32)cc1C. The van der Waals surface area contributed by atoms with E-state index in [1.54, 1.807) is 17.9 Å². The van der Waals surface area contributed by atoms with Crippen LogP contribution >= 0.6 is 0 Å². The number of rotatable bonds is 3. The van der Waals surface area contributed by atoms with Gasteiger partial charge in [0.05, 0.1) is 18.2 Å². The maximum Gasteiger partial charge on any atom is 0.416 e. The minimum atomic E-state index is -4.49. The van der Waals surface area contributed by atoms with Crippen molar-refractivity contribution in [3.05, 3.63) is 41.2 Å². The molecular weight excluding hydrogens is 463 g/mol. The predicted octanol–water partition coefficient (Wildman–Crippen LogP) is 6.14. The number of amides is 1. The average Bonchev–Trinajstić information content (AvgIpc) is 3.32. The number of furan rings is 1. The van der Waals surface area contributed by atoms with Gasteiger partial charge in [0.2, 0.25) is 0 Å². The first-order valence-electron chi connectivity index (χ1n) is 11.8. The van der Waals surface area contributed by atoms with E-state index >= 15 is 0 Å². The third-order valence-corrected chi connectivity index (χ3v) is 7.01. The number of halogens is 3. The van der Waals surface area contributed by atoms with Crippen molar-refractivity contribution in [3.63, 3.8) is 0 Å². The molecule has 1 aromatic heterocycles. The molecule has 0 radical (unpaired) electrons. The number of benzene rings is 1. The molecule has 9 heteroatoms. The van der Waals surface area contributed by atoms with Gasteiger partial charge < -0.3 is 23.9 Å². The van der Waals surface area contributed by atoms with Crippen molar-refractivity contribution in [2.45, 2.75) is 64.3 Å². The Morgan fingerprint density at radius 3 is 2.54 bits per heavy atom. The molecule has 1 aliphatic carbocycles. The van der Waals surface area contributed by atoms with E-state index in [-0.39, 0.29) is 23.7 Å². The summed E-state index contributed by atoms with van der Waals surface area (Å²) in [5.41, 5.74) is -1.52. The molecule has 2 aromatic rings. The van der Waals surface area contributed by atoms with E-state index in [9.17, 15) is 23.1 Å². The standard InChI is InChI=1S/C26H32F3NO5/c1-15-12-21(34-22(15)18-7-6-17(26(27,28)29)13-20(18)33-5)25(32)10-8-16-14-30(11-9-19(16)25)23(31)35-24(2,3)4/h6-7,12-13,16,19,32H,8-11,14H2,1-5H3. The summed E-state index contributed by atoms with van der Waals surface area (Å²) in [6.45, 7) is 8.25. The number of piperidine rings is 1. The minimum Gasteiger partial charge on any atom is -0.496 e. The molecule has 1 aromatic carbocycles. The second-order valence-corrected chi connectivity index (χ2v) is 10.6. The molecule has 2 heterocycles. The van der Waals surface area contributed by atoms with Crippen molar-refractivity contribution < 1.29 is 37.0 Å². The van der Waals surface area contributed by atoms with Crippen LogP contribution in [0.4, 0.5) is 18.0 Å². The highest BCUT2D eigenvalue weighted by atomic mass is 19.4. The van der Waals surface area contributed by atoms with E-state index in [1.807, 2.05) is 20.8 Å². The molecule has 3 unspecified atom stereocenters. The Labute approximate surface area is 203 Å². The molecule has 4 rings (SSSR count). The average molecular weight is 496 g/mol. The number of aryl methyl sites for hydroxylation is 1. The first kappa shape index (κ1) is 25.4. The lowest BCUT2D eigenvalue weighted by molar-refractivity contribution is -0.137. The number of hydrogen-bond acceptors (Lipinski definition) is 5. The second-order valence-electron chi connectivity index (χ2n) is 10.6. The van der Waals surface area contributed by atoms with Gasteiger partial charge in [-0.15, -0.1) is 0 Å². The van der Waals surface area contributed by atoms with Crippen molar-refractivity contribution in [1.29, 1.82) is 0 Å². The van der Waals surface area contributed by atoms with Crippen LogP contribution in [-0.2, 0) is 16.5 Å². The van der Waals surface area contributed by atoms with Crippen LogP contribution in [0.1, 0.15) is 56.9 Å². The van der Waals surface area contributed by atoms with Gasteiger partial charge in [-0.3, -0.25) is 0 Å². The molecule has 1 saturated carbocycles. The number of carbonyl (C=O) groups excluding carboxylic acids is 1. The molecule has 3 atom stereocenters. The summed E-state index contributed by atoms with van der Waals surface area (Å²) in [4.78, 5) is 14.2. The van der Waals surface area contributed by atoms with Crippen LogP contribution in [0, 0.1) is 18.8 Å². The smallest absolute Gasteiger partial charge is 0.416 e. The fourth-order valence-corrected chi connectivity index (χ4v) is 5.36. The number of ether oxygens (including phenoxy) is 2. The summed E-state index contributed by atoms with van der Waals surface area (Å²) in [6, 6.07) is 5.03. The van der Waals surface area contributed by atoms with Crippen LogP contribution in [0.15, 0.2) is 28.7 Å². The minimum absolute atomic E-state index is 0.0470. The third kappa shape index (κ3) is 4.87. The summed E-state index contributed by atoms with van der Waals surface area (Å²) in [5, 5.41) is 11.7. The normalized spacial score (nSPS) is 24.9. The molecule has 1 saturated heterocycles. The third-order valence-electron chi connectivity index (χ3n) is 7.01. The van der Waals surface area contributed by atoms with Gasteiger partial charge in [-0.05, 0) is 82.7 Å². The number of hydrogen-bond donors (Lipinski definition) is 1. The van der Waals surface area contributed by atoms with Gasteiger partial charge in [0, 0.05) is 19.0 Å². The number of nitrogens with zero attached hydrogens (tertiary/aromatic N) is 1. The lowest BCUT2D eigenvalue weighted by Gasteiger charge is -2.39. The second kappa shape index (κ2) is 8.76. The Bertz CT molecular complexity index is 1100. The molecule has 2 fully saturated rings. The number of likely N-dealkylation sites (tertiary alicyclic amines) is 1. The van der Waals surface area contributed by atoms with Crippen LogP contribution in [-0.4, -0.2) is 41.9 Å². The van der Waals surface area contributed by atoms with E-state index in [1.165, 1.54) is 13.2 Å². The van der Waals surface area contributed by atoms with Gasteiger partial charge in [-0.2, -0.15) is 13.2 Å². The Hall–Kier alpha value is -2.68. The Balaban J connectivity index is 1.58. The largest absolute Gasteiger partial charge is 0.496 e. The summed E-state index contributed by atoms with van der Waals surface area (Å²) >= 11 is 0. The van der Waals surface area contributed by atoms with Gasteiger partial charge in [-0.25, -0.2) is 4.79 Å². The Kier molecular flexibility index (Phi) is 6.36. The van der Waals surface area contributed by atoms with E-state index < -0.39 is 22.9 Å². The van der Waals surface area contributed by atoms with E-state index in [0.29, 0.717) is 48.6 Å². The molecule has 192 valence electrons. The van der Waals surface area contributed by atoms with E-state index in [0.717, 1.165) is 18.6 Å². The summed E-state index contributed by atoms with van der Waals surface area (Å²) in [5.74, 6) is 0.800. The summed E-state index contributed by atoms with van der Waals surface area (Å²) < 4.78 is 56.3. The molecule has 1 N–H and O–H groups in total. The molecule has 2 aliphatic rings. The molecular formula is C26H32F3NO5. The van der Waals surface area contributed by atoms with Crippen molar-refractivity contribution in [1.82, 2.24) is 4.90 Å². The number of alkyl halides is 3. The predicted molar refractivity (Wildman–Crippen MR) is 123 cm³/mol. The lowest BCUT2D eigenvalue weighted by atomic mass is 9.79. The first-order chi connectivity index (χ1) is 16.2. The molecule has 1 aliphatic heterocycles. The highest BCUT2D eigenvalue weighted by Crippen LogP contribution is 2.52. The fourth-order valence-electron chi connectivity index (χ4n) is 5.36. The topological polar surface area (TPSA) is 72.1 Å². The highest BCUT2D eigenvalue weighted by Gasteiger charge is 2.53. The lowest BCUT2D eigenvalue weighted by Crippen LogP contribution is -2.47. The quantitative estimate of drug-likeness (QED) is 0.554. The zero-order valence-electron chi connectivity index (χ0n) is 20.7. The van der Waals surface area contributed by atoms with Gasteiger partial charge >= 0.3 is 12.3 Å². The van der Waals surface area contributed by atoms with Crippen LogP contribution in [0.5, 0.6) is 5.75 Å². The first-order valence-corrected chi connectivity index (χ1v) is 11.8. The number of methoxy groups -OCH3 is 1. The van der Waals surface area contributed by atoms with E-state index in [4.69, 9.17) is 13.9 Å². The zero-order chi connectivity index (χ0) is 25.8. The molecule has 0 spiro atoms. The van der Waals surface area contributed by atoms with Gasteiger partial charge in [0.1, 0.15) is 28.5 Å². The van der Waals surface area contributed by atoms with Gasteiger partial charge in [-0.1, -0.05) is 0 Å². The van der Waals surface area contributed by atoms with Crippen LogP contribution < -0.4 is 4.74 Å². The van der Waals surface area contributed by atoms with Gasteiger partial charge in [0.25, 0.3) is 0 Å². The maximum absolute atomic E-state index is 13.1. The van der Waals surface area contributed by atoms with Crippen molar-refractivity contribution in [2.24, 2.45) is 11.8 Å². The summed E-state index contributed by atoms with van der Waals surface area (Å²) in [7, 11) is 1.31. The van der Waals surface area contributed by atoms with Crippen molar-refractivity contribution >= 4 is 6.09 Å². The molecule has 0 bridgehead atoms. The fraction of sp³-hybridized carbons (Fsp3) is 0.577. The van der Waals surface area contributed by atoms with Crippen molar-refractivity contribution in [3.8, 4) is 17.1 Å².